The lowest BCUT2D eigenvalue weighted by Crippen LogP contribution is -2.54. The number of pyridine rings is 1. The van der Waals surface area contributed by atoms with E-state index in [1.54, 1.807) is 11.8 Å². The van der Waals surface area contributed by atoms with Gasteiger partial charge in [-0.1, -0.05) is 6.07 Å². The SMILES string of the molecule is CCOC(=O)C1(NC(C)C)CCC(Sc2ccccn2)C1. The van der Waals surface area contributed by atoms with Gasteiger partial charge in [0.25, 0.3) is 0 Å². The molecule has 2 rings (SSSR count). The fourth-order valence-corrected chi connectivity index (χ4v) is 4.11. The molecule has 0 bridgehead atoms. The van der Waals surface area contributed by atoms with Gasteiger partial charge in [0.05, 0.1) is 11.6 Å². The first kappa shape index (κ1) is 16.3. The monoisotopic (exact) mass is 308 g/mol. The van der Waals surface area contributed by atoms with Crippen LogP contribution in [0.4, 0.5) is 0 Å². The van der Waals surface area contributed by atoms with Crippen molar-refractivity contribution >= 4 is 17.7 Å². The lowest BCUT2D eigenvalue weighted by Gasteiger charge is -2.30. The average molecular weight is 308 g/mol. The number of aromatic nitrogens is 1. The number of ether oxygens (including phenoxy) is 1. The van der Waals surface area contributed by atoms with Gasteiger partial charge in [0, 0.05) is 17.5 Å². The van der Waals surface area contributed by atoms with Crippen LogP contribution in [0.1, 0.15) is 40.0 Å². The molecule has 1 fully saturated rings. The number of carbonyl (C=O) groups excluding carboxylic acids is 1. The maximum Gasteiger partial charge on any atom is 0.326 e. The van der Waals surface area contributed by atoms with Crippen LogP contribution in [0.2, 0.25) is 0 Å². The normalized spacial score (nSPS) is 25.2. The highest BCUT2D eigenvalue weighted by atomic mass is 32.2. The van der Waals surface area contributed by atoms with E-state index < -0.39 is 5.54 Å². The predicted molar refractivity (Wildman–Crippen MR) is 85.4 cm³/mol. The molecule has 116 valence electrons. The molecular formula is C16H24N2O2S. The van der Waals surface area contributed by atoms with Crippen molar-refractivity contribution in [2.45, 2.75) is 61.9 Å². The zero-order chi connectivity index (χ0) is 15.3. The standard InChI is InChI=1S/C16H24N2O2S/c1-4-20-15(19)16(18-12(2)3)9-8-13(11-16)21-14-7-5-6-10-17-14/h5-7,10,12-13,18H,4,8-9,11H2,1-3H3. The molecule has 0 amide bonds. The molecule has 1 aromatic rings. The second kappa shape index (κ2) is 7.27. The Morgan fingerprint density at radius 3 is 3.00 bits per heavy atom. The fourth-order valence-electron chi connectivity index (χ4n) is 2.89. The number of thioether (sulfide) groups is 1. The minimum atomic E-state index is -0.531. The molecule has 0 aliphatic heterocycles. The summed E-state index contributed by atoms with van der Waals surface area (Å²) in [4.78, 5) is 16.7. The van der Waals surface area contributed by atoms with Gasteiger partial charge in [-0.25, -0.2) is 4.98 Å². The zero-order valence-corrected chi connectivity index (χ0v) is 13.8. The average Bonchev–Trinajstić information content (AvgIpc) is 2.83. The molecular weight excluding hydrogens is 284 g/mol. The molecule has 4 nitrogen and oxygen atoms in total. The van der Waals surface area contributed by atoms with E-state index >= 15 is 0 Å². The van der Waals surface area contributed by atoms with Crippen molar-refractivity contribution in [3.63, 3.8) is 0 Å². The van der Waals surface area contributed by atoms with Gasteiger partial charge in [-0.2, -0.15) is 0 Å². The van der Waals surface area contributed by atoms with Crippen LogP contribution in [0.15, 0.2) is 29.4 Å². The van der Waals surface area contributed by atoms with Crippen LogP contribution < -0.4 is 5.32 Å². The van der Waals surface area contributed by atoms with Crippen LogP contribution in [-0.4, -0.2) is 34.4 Å². The summed E-state index contributed by atoms with van der Waals surface area (Å²) in [5, 5.41) is 4.87. The molecule has 0 spiro atoms. The van der Waals surface area contributed by atoms with Crippen molar-refractivity contribution in [3.8, 4) is 0 Å². The number of carbonyl (C=O) groups is 1. The van der Waals surface area contributed by atoms with Crippen LogP contribution in [0.25, 0.3) is 0 Å². The molecule has 0 saturated heterocycles. The molecule has 2 unspecified atom stereocenters. The van der Waals surface area contributed by atoms with Gasteiger partial charge < -0.3 is 4.74 Å². The second-order valence-corrected chi connectivity index (χ2v) is 7.07. The third-order valence-corrected chi connectivity index (χ3v) is 4.84. The smallest absolute Gasteiger partial charge is 0.326 e. The number of rotatable bonds is 6. The van der Waals surface area contributed by atoms with E-state index in [-0.39, 0.29) is 12.0 Å². The van der Waals surface area contributed by atoms with Crippen LogP contribution in [-0.2, 0) is 9.53 Å². The second-order valence-electron chi connectivity index (χ2n) is 5.75. The van der Waals surface area contributed by atoms with Gasteiger partial charge >= 0.3 is 5.97 Å². The summed E-state index contributed by atoms with van der Waals surface area (Å²) in [6.45, 7) is 6.43. The molecule has 1 aliphatic carbocycles. The van der Waals surface area contributed by atoms with E-state index in [1.165, 1.54) is 0 Å². The van der Waals surface area contributed by atoms with E-state index in [2.05, 4.69) is 24.1 Å². The summed E-state index contributed by atoms with van der Waals surface area (Å²) in [7, 11) is 0. The van der Waals surface area contributed by atoms with Crippen molar-refractivity contribution in [1.82, 2.24) is 10.3 Å². The van der Waals surface area contributed by atoms with Gasteiger partial charge in [0.15, 0.2) is 0 Å². The Hall–Kier alpha value is -1.07. The molecule has 21 heavy (non-hydrogen) atoms. The number of hydrogen-bond acceptors (Lipinski definition) is 5. The molecule has 0 radical (unpaired) electrons. The minimum absolute atomic E-state index is 0.108. The Morgan fingerprint density at radius 1 is 1.57 bits per heavy atom. The third-order valence-electron chi connectivity index (χ3n) is 3.63. The van der Waals surface area contributed by atoms with Crippen molar-refractivity contribution < 1.29 is 9.53 Å². The van der Waals surface area contributed by atoms with Gasteiger partial charge in [-0.05, 0) is 52.2 Å². The summed E-state index contributed by atoms with van der Waals surface area (Å²) in [6.07, 6.45) is 4.43. The lowest BCUT2D eigenvalue weighted by molar-refractivity contribution is -0.151. The highest BCUT2D eigenvalue weighted by molar-refractivity contribution is 7.99. The number of nitrogens with one attached hydrogen (secondary N) is 1. The number of hydrogen-bond donors (Lipinski definition) is 1. The summed E-state index contributed by atoms with van der Waals surface area (Å²) < 4.78 is 5.30. The highest BCUT2D eigenvalue weighted by Crippen LogP contribution is 2.40. The molecule has 1 N–H and O–H groups in total. The van der Waals surface area contributed by atoms with E-state index in [0.29, 0.717) is 11.9 Å². The van der Waals surface area contributed by atoms with Crippen molar-refractivity contribution in [2.24, 2.45) is 0 Å². The fraction of sp³-hybridized carbons (Fsp3) is 0.625. The molecule has 1 saturated carbocycles. The largest absolute Gasteiger partial charge is 0.465 e. The van der Waals surface area contributed by atoms with E-state index in [4.69, 9.17) is 4.74 Å². The molecule has 0 aromatic carbocycles. The van der Waals surface area contributed by atoms with Crippen LogP contribution in [0, 0.1) is 0 Å². The molecule has 1 aliphatic rings. The highest BCUT2D eigenvalue weighted by Gasteiger charge is 2.47. The summed E-state index contributed by atoms with van der Waals surface area (Å²) >= 11 is 1.76. The maximum atomic E-state index is 12.4. The number of nitrogens with zero attached hydrogens (tertiary/aromatic N) is 1. The summed E-state index contributed by atoms with van der Waals surface area (Å²) in [5.74, 6) is -0.108. The van der Waals surface area contributed by atoms with Crippen molar-refractivity contribution in [3.05, 3.63) is 24.4 Å². The van der Waals surface area contributed by atoms with Gasteiger partial charge in [-0.3, -0.25) is 10.1 Å². The molecule has 1 aromatic heterocycles. The summed E-state index contributed by atoms with van der Waals surface area (Å²) in [6, 6.07) is 6.19. The Morgan fingerprint density at radius 2 is 2.38 bits per heavy atom. The first-order valence-electron chi connectivity index (χ1n) is 7.58. The Bertz CT molecular complexity index is 467. The van der Waals surface area contributed by atoms with Gasteiger partial charge in [0.2, 0.25) is 0 Å². The summed E-state index contributed by atoms with van der Waals surface area (Å²) in [5.41, 5.74) is -0.531. The van der Waals surface area contributed by atoms with Crippen LogP contribution >= 0.6 is 11.8 Å². The third kappa shape index (κ3) is 4.20. The zero-order valence-electron chi connectivity index (χ0n) is 13.0. The molecule has 5 heteroatoms. The quantitative estimate of drug-likeness (QED) is 0.819. The van der Waals surface area contributed by atoms with Gasteiger partial charge in [0.1, 0.15) is 5.54 Å². The molecule has 2 atom stereocenters. The van der Waals surface area contributed by atoms with Crippen molar-refractivity contribution in [1.29, 1.82) is 0 Å². The first-order valence-corrected chi connectivity index (χ1v) is 8.46. The molecule has 1 heterocycles. The predicted octanol–water partition coefficient (Wildman–Crippen LogP) is 3.03. The first-order chi connectivity index (χ1) is 10.1. The topological polar surface area (TPSA) is 51.2 Å². The Labute approximate surface area is 131 Å². The lowest BCUT2D eigenvalue weighted by atomic mass is 9.96. The Kier molecular flexibility index (Phi) is 5.65. The van der Waals surface area contributed by atoms with Gasteiger partial charge in [-0.15, -0.1) is 11.8 Å². The van der Waals surface area contributed by atoms with Crippen LogP contribution in [0.5, 0.6) is 0 Å². The number of esters is 1. The van der Waals surface area contributed by atoms with Crippen molar-refractivity contribution in [2.75, 3.05) is 6.61 Å². The van der Waals surface area contributed by atoms with E-state index in [1.807, 2.05) is 31.3 Å². The maximum absolute atomic E-state index is 12.4. The van der Waals surface area contributed by atoms with E-state index in [0.717, 1.165) is 24.3 Å². The van der Waals surface area contributed by atoms with E-state index in [9.17, 15) is 4.79 Å². The Balaban J connectivity index is 2.05. The minimum Gasteiger partial charge on any atom is -0.465 e. The van der Waals surface area contributed by atoms with Crippen LogP contribution in [0.3, 0.4) is 0 Å².